The third kappa shape index (κ3) is 6.24. The number of morpholine rings is 1. The van der Waals surface area contributed by atoms with E-state index in [0.717, 1.165) is 19.4 Å². The van der Waals surface area contributed by atoms with Crippen LogP contribution in [0, 0.1) is 5.92 Å². The van der Waals surface area contributed by atoms with Crippen LogP contribution in [0.5, 0.6) is 0 Å². The van der Waals surface area contributed by atoms with Gasteiger partial charge in [-0.3, -0.25) is 4.79 Å². The van der Waals surface area contributed by atoms with Gasteiger partial charge in [-0.15, -0.1) is 12.4 Å². The van der Waals surface area contributed by atoms with Crippen molar-refractivity contribution < 1.29 is 9.53 Å². The van der Waals surface area contributed by atoms with Gasteiger partial charge in [-0.1, -0.05) is 20.3 Å². The summed E-state index contributed by atoms with van der Waals surface area (Å²) in [6.07, 6.45) is 2.20. The minimum Gasteiger partial charge on any atom is -0.378 e. The summed E-state index contributed by atoms with van der Waals surface area (Å²) in [5, 5.41) is 6.19. The van der Waals surface area contributed by atoms with Crippen LogP contribution in [0.4, 0.5) is 0 Å². The van der Waals surface area contributed by atoms with E-state index in [1.807, 2.05) is 0 Å². The Morgan fingerprint density at radius 2 is 2.24 bits per heavy atom. The van der Waals surface area contributed by atoms with Gasteiger partial charge in [-0.2, -0.15) is 0 Å². The lowest BCUT2D eigenvalue weighted by atomic mass is 10.0. The van der Waals surface area contributed by atoms with Crippen molar-refractivity contribution in [3.63, 3.8) is 0 Å². The highest BCUT2D eigenvalue weighted by Crippen LogP contribution is 2.09. The molecule has 0 saturated carbocycles. The van der Waals surface area contributed by atoms with Crippen molar-refractivity contribution in [2.24, 2.45) is 5.92 Å². The normalized spacial score (nSPS) is 23.4. The molecule has 5 heteroatoms. The average molecular weight is 265 g/mol. The van der Waals surface area contributed by atoms with Crippen molar-refractivity contribution in [2.45, 2.75) is 45.7 Å². The van der Waals surface area contributed by atoms with Crippen LogP contribution in [-0.4, -0.2) is 37.7 Å². The Bertz CT molecular complexity index is 221. The first-order valence-corrected chi connectivity index (χ1v) is 6.25. The van der Waals surface area contributed by atoms with Gasteiger partial charge in [0.15, 0.2) is 0 Å². The number of carbonyl (C=O) groups is 1. The zero-order valence-corrected chi connectivity index (χ0v) is 11.8. The van der Waals surface area contributed by atoms with Crippen LogP contribution in [0.15, 0.2) is 0 Å². The fourth-order valence-corrected chi connectivity index (χ4v) is 1.91. The summed E-state index contributed by atoms with van der Waals surface area (Å²) in [7, 11) is 0. The summed E-state index contributed by atoms with van der Waals surface area (Å²) < 4.78 is 5.26. The number of nitrogens with one attached hydrogen (secondary N) is 2. The van der Waals surface area contributed by atoms with Gasteiger partial charge in [0.2, 0.25) is 5.91 Å². The molecule has 3 atom stereocenters. The molecule has 1 fully saturated rings. The van der Waals surface area contributed by atoms with Crippen molar-refractivity contribution in [3.05, 3.63) is 0 Å². The molecule has 3 unspecified atom stereocenters. The van der Waals surface area contributed by atoms with E-state index in [-0.39, 0.29) is 30.4 Å². The molecule has 1 aliphatic rings. The van der Waals surface area contributed by atoms with E-state index in [1.165, 1.54) is 0 Å². The molecule has 17 heavy (non-hydrogen) atoms. The highest BCUT2D eigenvalue weighted by molar-refractivity contribution is 5.85. The Kier molecular flexibility index (Phi) is 8.56. The van der Waals surface area contributed by atoms with Crippen molar-refractivity contribution in [1.29, 1.82) is 0 Å². The predicted octanol–water partition coefficient (Wildman–Crippen LogP) is 1.34. The molecule has 1 heterocycles. The van der Waals surface area contributed by atoms with Crippen LogP contribution < -0.4 is 10.6 Å². The van der Waals surface area contributed by atoms with E-state index >= 15 is 0 Å². The molecule has 0 aromatic carbocycles. The van der Waals surface area contributed by atoms with Crippen LogP contribution in [0.2, 0.25) is 0 Å². The summed E-state index contributed by atoms with van der Waals surface area (Å²) in [6, 6.07) is 0.0688. The average Bonchev–Trinajstić information content (AvgIpc) is 2.29. The first kappa shape index (κ1) is 16.7. The molecule has 0 radical (unpaired) electrons. The molecule has 4 nitrogen and oxygen atoms in total. The van der Waals surface area contributed by atoms with E-state index in [0.29, 0.717) is 19.1 Å². The van der Waals surface area contributed by atoms with Crippen LogP contribution >= 0.6 is 12.4 Å². The largest absolute Gasteiger partial charge is 0.378 e. The summed E-state index contributed by atoms with van der Waals surface area (Å²) in [4.78, 5) is 11.8. The van der Waals surface area contributed by atoms with E-state index in [9.17, 15) is 4.79 Å². The van der Waals surface area contributed by atoms with Gasteiger partial charge in [0.05, 0.1) is 13.2 Å². The van der Waals surface area contributed by atoms with Gasteiger partial charge in [0.1, 0.15) is 6.04 Å². The summed E-state index contributed by atoms with van der Waals surface area (Å²) in [5.41, 5.74) is 0. The van der Waals surface area contributed by atoms with Crippen LogP contribution in [-0.2, 0) is 9.53 Å². The monoisotopic (exact) mass is 264 g/mol. The summed E-state index contributed by atoms with van der Waals surface area (Å²) >= 11 is 0. The molecule has 1 aliphatic heterocycles. The second-order valence-corrected chi connectivity index (χ2v) is 4.74. The maximum atomic E-state index is 11.8. The van der Waals surface area contributed by atoms with E-state index in [4.69, 9.17) is 4.74 Å². The van der Waals surface area contributed by atoms with Crippen LogP contribution in [0.3, 0.4) is 0 Å². The van der Waals surface area contributed by atoms with Gasteiger partial charge < -0.3 is 15.4 Å². The van der Waals surface area contributed by atoms with Crippen molar-refractivity contribution in [1.82, 2.24) is 10.6 Å². The first-order chi connectivity index (χ1) is 7.63. The number of carbonyl (C=O) groups excluding carboxylic acids is 1. The van der Waals surface area contributed by atoms with E-state index < -0.39 is 0 Å². The Hall–Kier alpha value is -0.320. The van der Waals surface area contributed by atoms with Gasteiger partial charge >= 0.3 is 0 Å². The highest BCUT2D eigenvalue weighted by Gasteiger charge is 2.22. The predicted molar refractivity (Wildman–Crippen MR) is 71.5 cm³/mol. The molecule has 0 bridgehead atoms. The van der Waals surface area contributed by atoms with Crippen molar-refractivity contribution >= 4 is 18.3 Å². The first-order valence-electron chi connectivity index (χ1n) is 6.25. The SMILES string of the molecule is CCC(C)CC(C)NC(=O)C1COCCN1.Cl. The quantitative estimate of drug-likeness (QED) is 0.788. The highest BCUT2D eigenvalue weighted by atomic mass is 35.5. The van der Waals surface area contributed by atoms with Gasteiger partial charge in [0, 0.05) is 12.6 Å². The topological polar surface area (TPSA) is 50.4 Å². The maximum absolute atomic E-state index is 11.8. The minimum absolute atomic E-state index is 0. The number of halogens is 1. The van der Waals surface area contributed by atoms with E-state index in [2.05, 4.69) is 31.4 Å². The summed E-state index contributed by atoms with van der Waals surface area (Å²) in [6.45, 7) is 8.40. The van der Waals surface area contributed by atoms with Crippen LogP contribution in [0.1, 0.15) is 33.6 Å². The molecule has 0 aromatic rings. The van der Waals surface area contributed by atoms with Gasteiger partial charge in [-0.05, 0) is 19.3 Å². The lowest BCUT2D eigenvalue weighted by Crippen LogP contribution is -2.53. The fraction of sp³-hybridized carbons (Fsp3) is 0.917. The molecule has 0 aromatic heterocycles. The van der Waals surface area contributed by atoms with Crippen molar-refractivity contribution in [3.8, 4) is 0 Å². The Morgan fingerprint density at radius 3 is 2.76 bits per heavy atom. The number of hydrogen-bond acceptors (Lipinski definition) is 3. The molecule has 1 saturated heterocycles. The standard InChI is InChI=1S/C12H24N2O2.ClH/c1-4-9(2)7-10(3)14-12(15)11-8-16-6-5-13-11;/h9-11,13H,4-8H2,1-3H3,(H,14,15);1H. The number of hydrogen-bond donors (Lipinski definition) is 2. The molecule has 1 amide bonds. The van der Waals surface area contributed by atoms with Gasteiger partial charge in [0.25, 0.3) is 0 Å². The lowest BCUT2D eigenvalue weighted by molar-refractivity contribution is -0.126. The zero-order chi connectivity index (χ0) is 12.0. The third-order valence-electron chi connectivity index (χ3n) is 3.08. The fourth-order valence-electron chi connectivity index (χ4n) is 1.91. The van der Waals surface area contributed by atoms with Crippen molar-refractivity contribution in [2.75, 3.05) is 19.8 Å². The van der Waals surface area contributed by atoms with Crippen LogP contribution in [0.25, 0.3) is 0 Å². The third-order valence-corrected chi connectivity index (χ3v) is 3.08. The Morgan fingerprint density at radius 1 is 1.53 bits per heavy atom. The minimum atomic E-state index is -0.173. The molecule has 0 aliphatic carbocycles. The smallest absolute Gasteiger partial charge is 0.239 e. The maximum Gasteiger partial charge on any atom is 0.239 e. The molecular formula is C12H25ClN2O2. The zero-order valence-electron chi connectivity index (χ0n) is 11.0. The second kappa shape index (κ2) is 8.72. The molecule has 2 N–H and O–H groups in total. The Balaban J connectivity index is 0.00000256. The number of amides is 1. The molecule has 0 spiro atoms. The molecule has 102 valence electrons. The van der Waals surface area contributed by atoms with E-state index in [1.54, 1.807) is 0 Å². The molecular weight excluding hydrogens is 240 g/mol. The number of rotatable bonds is 5. The number of ether oxygens (including phenoxy) is 1. The lowest BCUT2D eigenvalue weighted by Gasteiger charge is -2.25. The molecule has 1 rings (SSSR count). The second-order valence-electron chi connectivity index (χ2n) is 4.74. The summed E-state index contributed by atoms with van der Waals surface area (Å²) in [5.74, 6) is 0.723. The Labute approximate surface area is 110 Å². The van der Waals surface area contributed by atoms with Gasteiger partial charge in [-0.25, -0.2) is 0 Å².